The highest BCUT2D eigenvalue weighted by Crippen LogP contribution is 2.28. The fourth-order valence-electron chi connectivity index (χ4n) is 3.80. The van der Waals surface area contributed by atoms with Gasteiger partial charge in [0.25, 0.3) is 11.5 Å². The van der Waals surface area contributed by atoms with Gasteiger partial charge < -0.3 is 14.2 Å². The van der Waals surface area contributed by atoms with Gasteiger partial charge in [0.05, 0.1) is 21.3 Å². The smallest absolute Gasteiger partial charge is 0.293 e. The molecular formula is C25H30N2O5Si. The first kappa shape index (κ1) is 24.3. The minimum Gasteiger partial charge on any atom is -0.496 e. The number of likely N-dealkylation sites (N-methyl/N-ethyl adjacent to an activating group) is 1. The SMILES string of the molecule is COc1ccc(C(C(=O)Cc2ccc([Si](C)(C)C)cc2)N(C)C(=O)c2cc(=O)[nH]o2)cc1C. The van der Waals surface area contributed by atoms with Crippen LogP contribution in [0.2, 0.25) is 19.6 Å². The van der Waals surface area contributed by atoms with Crippen molar-refractivity contribution in [3.8, 4) is 5.75 Å². The number of ether oxygens (including phenoxy) is 1. The quantitative estimate of drug-likeness (QED) is 0.513. The first-order valence-electron chi connectivity index (χ1n) is 10.7. The number of Topliss-reactive ketones (excluding diaryl/α,β-unsaturated/α-hetero) is 1. The minimum absolute atomic E-state index is 0.144. The Morgan fingerprint density at radius 3 is 2.27 bits per heavy atom. The van der Waals surface area contributed by atoms with Crippen LogP contribution in [0.3, 0.4) is 0 Å². The summed E-state index contributed by atoms with van der Waals surface area (Å²) < 4.78 is 10.3. The predicted molar refractivity (Wildman–Crippen MR) is 130 cm³/mol. The molecule has 0 radical (unpaired) electrons. The molecule has 0 bridgehead atoms. The number of benzene rings is 2. The number of carbonyl (C=O) groups is 2. The second kappa shape index (κ2) is 9.62. The summed E-state index contributed by atoms with van der Waals surface area (Å²) in [6, 6.07) is 13.8. The molecule has 0 saturated carbocycles. The molecule has 0 aliphatic carbocycles. The monoisotopic (exact) mass is 466 g/mol. The van der Waals surface area contributed by atoms with Gasteiger partial charge >= 0.3 is 0 Å². The molecule has 0 aliphatic heterocycles. The van der Waals surface area contributed by atoms with Crippen molar-refractivity contribution in [1.82, 2.24) is 10.1 Å². The molecule has 3 rings (SSSR count). The lowest BCUT2D eigenvalue weighted by atomic mass is 9.95. The van der Waals surface area contributed by atoms with Gasteiger partial charge in [-0.2, -0.15) is 5.16 Å². The molecule has 33 heavy (non-hydrogen) atoms. The van der Waals surface area contributed by atoms with E-state index in [-0.39, 0.29) is 18.0 Å². The van der Waals surface area contributed by atoms with Gasteiger partial charge in [0.15, 0.2) is 5.78 Å². The number of methoxy groups -OCH3 is 1. The number of carbonyl (C=O) groups excluding carboxylic acids is 2. The Morgan fingerprint density at radius 1 is 1.09 bits per heavy atom. The second-order valence-electron chi connectivity index (χ2n) is 9.21. The molecule has 1 heterocycles. The Bertz CT molecular complexity index is 1200. The van der Waals surface area contributed by atoms with Gasteiger partial charge in [-0.05, 0) is 35.7 Å². The predicted octanol–water partition coefficient (Wildman–Crippen LogP) is 3.46. The van der Waals surface area contributed by atoms with E-state index in [9.17, 15) is 14.4 Å². The van der Waals surface area contributed by atoms with E-state index in [1.165, 1.54) is 17.1 Å². The summed E-state index contributed by atoms with van der Waals surface area (Å²) in [5.74, 6) is -0.161. The maximum Gasteiger partial charge on any atom is 0.293 e. The number of nitrogens with one attached hydrogen (secondary N) is 1. The minimum atomic E-state index is -1.44. The summed E-state index contributed by atoms with van der Waals surface area (Å²) in [5.41, 5.74) is 1.87. The van der Waals surface area contributed by atoms with E-state index in [2.05, 4.69) is 36.9 Å². The number of ketones is 1. The summed E-state index contributed by atoms with van der Waals surface area (Å²) in [4.78, 5) is 39.3. The summed E-state index contributed by atoms with van der Waals surface area (Å²) in [5, 5.41) is 3.43. The number of amides is 1. The number of aromatic nitrogens is 1. The van der Waals surface area contributed by atoms with Crippen LogP contribution in [0.1, 0.15) is 33.3 Å². The lowest BCUT2D eigenvalue weighted by Crippen LogP contribution is -2.38. The van der Waals surface area contributed by atoms with Gasteiger partial charge in [0.1, 0.15) is 11.8 Å². The van der Waals surface area contributed by atoms with Crippen LogP contribution in [0, 0.1) is 6.92 Å². The van der Waals surface area contributed by atoms with E-state index in [0.717, 1.165) is 17.2 Å². The molecule has 174 valence electrons. The van der Waals surface area contributed by atoms with Crippen molar-refractivity contribution < 1.29 is 18.8 Å². The fraction of sp³-hybridized carbons (Fsp3) is 0.320. The van der Waals surface area contributed by atoms with Crippen molar-refractivity contribution in [2.75, 3.05) is 14.2 Å². The van der Waals surface area contributed by atoms with E-state index in [1.807, 2.05) is 25.1 Å². The number of hydrogen-bond acceptors (Lipinski definition) is 5. The summed E-state index contributed by atoms with van der Waals surface area (Å²) in [6.45, 7) is 8.70. The van der Waals surface area contributed by atoms with Crippen LogP contribution < -0.4 is 15.5 Å². The lowest BCUT2D eigenvalue weighted by Gasteiger charge is -2.27. The highest BCUT2D eigenvalue weighted by atomic mass is 28.3. The van der Waals surface area contributed by atoms with Crippen molar-refractivity contribution >= 4 is 25.0 Å². The highest BCUT2D eigenvalue weighted by molar-refractivity contribution is 6.88. The Balaban J connectivity index is 1.95. The van der Waals surface area contributed by atoms with Gasteiger partial charge in [-0.15, -0.1) is 0 Å². The van der Waals surface area contributed by atoms with Crippen molar-refractivity contribution in [3.63, 3.8) is 0 Å². The van der Waals surface area contributed by atoms with E-state index in [4.69, 9.17) is 9.26 Å². The standard InChI is InChI=1S/C25H30N2O5Si/c1-16-13-18(9-12-21(16)31-3)24(27(2)25(30)22-15-23(29)26-32-22)20(28)14-17-7-10-19(11-8-17)33(4,5)6/h7-13,15,24H,14H2,1-6H3,(H,26,29). The number of hydrogen-bond donors (Lipinski definition) is 1. The van der Waals surface area contributed by atoms with Gasteiger partial charge in [0, 0.05) is 13.5 Å². The molecule has 1 atom stereocenters. The normalized spacial score (nSPS) is 12.3. The van der Waals surface area contributed by atoms with Crippen LogP contribution in [0.25, 0.3) is 0 Å². The molecule has 1 aromatic heterocycles. The van der Waals surface area contributed by atoms with Gasteiger partial charge in [0.2, 0.25) is 5.76 Å². The molecule has 7 nitrogen and oxygen atoms in total. The van der Waals surface area contributed by atoms with Crippen LogP contribution in [0.5, 0.6) is 5.75 Å². The fourth-order valence-corrected chi connectivity index (χ4v) is 4.96. The zero-order chi connectivity index (χ0) is 24.3. The van der Waals surface area contributed by atoms with E-state index in [1.54, 1.807) is 19.2 Å². The maximum absolute atomic E-state index is 13.5. The molecule has 3 aromatic rings. The third-order valence-electron chi connectivity index (χ3n) is 5.68. The van der Waals surface area contributed by atoms with Crippen LogP contribution in [0.4, 0.5) is 0 Å². The van der Waals surface area contributed by atoms with Crippen LogP contribution in [-0.2, 0) is 11.2 Å². The van der Waals surface area contributed by atoms with Gasteiger partial charge in [-0.1, -0.05) is 55.2 Å². The summed E-state index contributed by atoms with van der Waals surface area (Å²) >= 11 is 0. The number of aryl methyl sites for hydroxylation is 1. The first-order valence-corrected chi connectivity index (χ1v) is 14.2. The molecule has 0 aliphatic rings. The van der Waals surface area contributed by atoms with Crippen LogP contribution in [-0.4, -0.2) is 44.0 Å². The zero-order valence-electron chi connectivity index (χ0n) is 19.9. The lowest BCUT2D eigenvalue weighted by molar-refractivity contribution is -0.122. The number of rotatable bonds is 8. The van der Waals surface area contributed by atoms with Gasteiger partial charge in [-0.3, -0.25) is 14.4 Å². The van der Waals surface area contributed by atoms with Crippen molar-refractivity contribution in [1.29, 1.82) is 0 Å². The molecule has 0 saturated heterocycles. The number of H-pyrrole nitrogens is 1. The Hall–Kier alpha value is -3.39. The maximum atomic E-state index is 13.5. The Morgan fingerprint density at radius 2 is 1.76 bits per heavy atom. The van der Waals surface area contributed by atoms with Crippen molar-refractivity contribution in [2.45, 2.75) is 39.0 Å². The first-order chi connectivity index (χ1) is 15.5. The average Bonchev–Trinajstić information content (AvgIpc) is 3.19. The average molecular weight is 467 g/mol. The molecule has 0 fully saturated rings. The highest BCUT2D eigenvalue weighted by Gasteiger charge is 2.31. The molecule has 8 heteroatoms. The molecule has 1 unspecified atom stereocenters. The number of nitrogens with zero attached hydrogens (tertiary/aromatic N) is 1. The van der Waals surface area contributed by atoms with E-state index in [0.29, 0.717) is 11.3 Å². The topological polar surface area (TPSA) is 92.6 Å². The molecule has 0 spiro atoms. The van der Waals surface area contributed by atoms with E-state index >= 15 is 0 Å². The van der Waals surface area contributed by atoms with Gasteiger partial charge in [-0.25, -0.2) is 0 Å². The summed E-state index contributed by atoms with van der Waals surface area (Å²) in [7, 11) is 1.67. The molecule has 2 aromatic carbocycles. The van der Waals surface area contributed by atoms with Crippen molar-refractivity contribution in [3.05, 3.63) is 81.3 Å². The molecule has 1 amide bonds. The third kappa shape index (κ3) is 5.51. The van der Waals surface area contributed by atoms with Crippen molar-refractivity contribution in [2.24, 2.45) is 0 Å². The molecule has 1 N–H and O–H groups in total. The molecular weight excluding hydrogens is 436 g/mol. The Kier molecular flexibility index (Phi) is 7.07. The van der Waals surface area contributed by atoms with Crippen LogP contribution in [0.15, 0.2) is 57.8 Å². The number of aromatic amines is 1. The Labute approximate surface area is 194 Å². The zero-order valence-corrected chi connectivity index (χ0v) is 20.9. The summed E-state index contributed by atoms with van der Waals surface area (Å²) in [6.07, 6.45) is 0.163. The second-order valence-corrected chi connectivity index (χ2v) is 14.3. The van der Waals surface area contributed by atoms with Crippen LogP contribution >= 0.6 is 0 Å². The third-order valence-corrected chi connectivity index (χ3v) is 7.75. The van der Waals surface area contributed by atoms with E-state index < -0.39 is 25.6 Å². The largest absolute Gasteiger partial charge is 0.496 e.